The van der Waals surface area contributed by atoms with E-state index in [1.54, 1.807) is 0 Å². The first-order valence-electron chi connectivity index (χ1n) is 7.17. The van der Waals surface area contributed by atoms with Crippen molar-refractivity contribution in [1.82, 2.24) is 10.2 Å². The maximum Gasteiger partial charge on any atom is 0.108 e. The zero-order valence-electron chi connectivity index (χ0n) is 11.0. The van der Waals surface area contributed by atoms with Crippen LogP contribution in [0.1, 0.15) is 39.0 Å². The average molecular weight is 235 g/mol. The van der Waals surface area contributed by atoms with E-state index in [0.717, 1.165) is 31.3 Å². The third-order valence-corrected chi connectivity index (χ3v) is 4.16. The molecule has 1 N–H and O–H groups in total. The largest absolute Gasteiger partial charge is 0.301 e. The molecule has 1 aliphatic carbocycles. The lowest BCUT2D eigenvalue weighted by molar-refractivity contribution is 0.0826. The predicted molar refractivity (Wildman–Crippen MR) is 69.6 cm³/mol. The molecule has 1 aliphatic heterocycles. The Hall–Kier alpha value is -0.590. The molecule has 96 valence electrons. The highest BCUT2D eigenvalue weighted by molar-refractivity contribution is 4.94. The van der Waals surface area contributed by atoms with Crippen LogP contribution in [-0.4, -0.2) is 37.1 Å². The van der Waals surface area contributed by atoms with Gasteiger partial charge in [0.05, 0.1) is 6.07 Å². The van der Waals surface area contributed by atoms with Gasteiger partial charge in [-0.25, -0.2) is 0 Å². The summed E-state index contributed by atoms with van der Waals surface area (Å²) in [5.41, 5.74) is 0. The summed E-state index contributed by atoms with van der Waals surface area (Å²) in [6.45, 7) is 6.47. The summed E-state index contributed by atoms with van der Waals surface area (Å²) >= 11 is 0. The van der Waals surface area contributed by atoms with Gasteiger partial charge in [-0.2, -0.15) is 5.26 Å². The van der Waals surface area contributed by atoms with Gasteiger partial charge in [0.25, 0.3) is 0 Å². The smallest absolute Gasteiger partial charge is 0.108 e. The van der Waals surface area contributed by atoms with E-state index >= 15 is 0 Å². The summed E-state index contributed by atoms with van der Waals surface area (Å²) in [6, 6.07) is 2.42. The van der Waals surface area contributed by atoms with Gasteiger partial charge in [0, 0.05) is 19.6 Å². The first-order valence-corrected chi connectivity index (χ1v) is 7.17. The Bertz CT molecular complexity index is 259. The van der Waals surface area contributed by atoms with Crippen LogP contribution in [0.2, 0.25) is 0 Å². The Balaban J connectivity index is 1.80. The molecule has 1 saturated heterocycles. The molecule has 1 heterocycles. The van der Waals surface area contributed by atoms with Crippen LogP contribution >= 0.6 is 0 Å². The van der Waals surface area contributed by atoms with Crippen molar-refractivity contribution in [3.05, 3.63) is 0 Å². The summed E-state index contributed by atoms with van der Waals surface area (Å²) in [6.07, 6.45) is 6.79. The molecular formula is C14H25N3. The van der Waals surface area contributed by atoms with Crippen LogP contribution in [0.5, 0.6) is 0 Å². The molecule has 3 atom stereocenters. The highest BCUT2D eigenvalue weighted by Gasteiger charge is 2.31. The van der Waals surface area contributed by atoms with Crippen LogP contribution in [0.25, 0.3) is 0 Å². The molecule has 3 heteroatoms. The van der Waals surface area contributed by atoms with Gasteiger partial charge < -0.3 is 10.2 Å². The van der Waals surface area contributed by atoms with Gasteiger partial charge in [-0.05, 0) is 44.1 Å². The molecule has 17 heavy (non-hydrogen) atoms. The summed E-state index contributed by atoms with van der Waals surface area (Å²) in [5.74, 6) is 1.82. The van der Waals surface area contributed by atoms with Gasteiger partial charge in [0.2, 0.25) is 0 Å². The van der Waals surface area contributed by atoms with E-state index < -0.39 is 0 Å². The second kappa shape index (κ2) is 6.37. The minimum Gasteiger partial charge on any atom is -0.301 e. The lowest BCUT2D eigenvalue weighted by Crippen LogP contribution is -2.48. The maximum absolute atomic E-state index is 9.15. The zero-order valence-corrected chi connectivity index (χ0v) is 11.0. The van der Waals surface area contributed by atoms with Crippen LogP contribution in [0.15, 0.2) is 0 Å². The number of fused-ring (bicyclic) bond motifs is 2. The molecule has 0 radical (unpaired) electrons. The topological polar surface area (TPSA) is 39.1 Å². The Morgan fingerprint density at radius 3 is 2.65 bits per heavy atom. The lowest BCUT2D eigenvalue weighted by atomic mass is 9.78. The standard InChI is InChI=1S/C14H25N3/c1-2-6-16-14(8-15)11-17-9-12-4-3-5-13(7-12)10-17/h12-14,16H,2-7,9-11H2,1H3. The number of hydrogen-bond acceptors (Lipinski definition) is 3. The lowest BCUT2D eigenvalue weighted by Gasteiger charge is -2.42. The number of likely N-dealkylation sites (tertiary alicyclic amines) is 1. The van der Waals surface area contributed by atoms with Crippen molar-refractivity contribution in [1.29, 1.82) is 5.26 Å². The molecular weight excluding hydrogens is 210 g/mol. The normalized spacial score (nSPS) is 30.8. The van der Waals surface area contributed by atoms with Crippen LogP contribution in [0.3, 0.4) is 0 Å². The van der Waals surface area contributed by atoms with Crippen molar-refractivity contribution < 1.29 is 0 Å². The van der Waals surface area contributed by atoms with E-state index in [0.29, 0.717) is 0 Å². The quantitative estimate of drug-likeness (QED) is 0.792. The molecule has 3 nitrogen and oxygen atoms in total. The molecule has 0 aromatic heterocycles. The fourth-order valence-corrected chi connectivity index (χ4v) is 3.42. The van der Waals surface area contributed by atoms with Gasteiger partial charge in [0.1, 0.15) is 6.04 Å². The van der Waals surface area contributed by atoms with Crippen molar-refractivity contribution in [2.75, 3.05) is 26.2 Å². The molecule has 0 aromatic rings. The van der Waals surface area contributed by atoms with E-state index in [2.05, 4.69) is 23.2 Å². The fourth-order valence-electron chi connectivity index (χ4n) is 3.42. The molecule has 2 fully saturated rings. The van der Waals surface area contributed by atoms with Gasteiger partial charge in [-0.15, -0.1) is 0 Å². The van der Waals surface area contributed by atoms with Gasteiger partial charge in [0.15, 0.2) is 0 Å². The first kappa shape index (κ1) is 12.9. The maximum atomic E-state index is 9.15. The Morgan fingerprint density at radius 2 is 2.06 bits per heavy atom. The van der Waals surface area contributed by atoms with Crippen molar-refractivity contribution in [3.63, 3.8) is 0 Å². The summed E-state index contributed by atoms with van der Waals surface area (Å²) < 4.78 is 0. The molecule has 2 bridgehead atoms. The van der Waals surface area contributed by atoms with Crippen LogP contribution < -0.4 is 5.32 Å². The van der Waals surface area contributed by atoms with Gasteiger partial charge in [-0.1, -0.05) is 13.3 Å². The molecule has 0 spiro atoms. The SMILES string of the molecule is CCCNC(C#N)CN1CC2CCCC(C2)C1. The van der Waals surface area contributed by atoms with Gasteiger partial charge >= 0.3 is 0 Å². The monoisotopic (exact) mass is 235 g/mol. The summed E-state index contributed by atoms with van der Waals surface area (Å²) in [5, 5.41) is 12.5. The fraction of sp³-hybridized carbons (Fsp3) is 0.929. The number of nitrogens with zero attached hydrogens (tertiary/aromatic N) is 2. The Labute approximate surface area is 105 Å². The third kappa shape index (κ3) is 3.69. The summed E-state index contributed by atoms with van der Waals surface area (Å²) in [4.78, 5) is 2.52. The number of rotatable bonds is 5. The van der Waals surface area contributed by atoms with Crippen molar-refractivity contribution >= 4 is 0 Å². The second-order valence-corrected chi connectivity index (χ2v) is 5.75. The van der Waals surface area contributed by atoms with Crippen molar-refractivity contribution in [3.8, 4) is 6.07 Å². The van der Waals surface area contributed by atoms with Gasteiger partial charge in [-0.3, -0.25) is 0 Å². The molecule has 0 aromatic carbocycles. The van der Waals surface area contributed by atoms with E-state index in [1.807, 2.05) is 0 Å². The van der Waals surface area contributed by atoms with Crippen molar-refractivity contribution in [2.45, 2.75) is 45.1 Å². The van der Waals surface area contributed by atoms with E-state index in [4.69, 9.17) is 5.26 Å². The molecule has 2 rings (SSSR count). The van der Waals surface area contributed by atoms with E-state index in [1.165, 1.54) is 38.8 Å². The number of nitrogens with one attached hydrogen (secondary N) is 1. The van der Waals surface area contributed by atoms with Crippen LogP contribution in [0.4, 0.5) is 0 Å². The first-order chi connectivity index (χ1) is 8.31. The van der Waals surface area contributed by atoms with Crippen LogP contribution in [-0.2, 0) is 0 Å². The molecule has 0 amide bonds. The number of hydrogen-bond donors (Lipinski definition) is 1. The van der Waals surface area contributed by atoms with Crippen LogP contribution in [0, 0.1) is 23.2 Å². The average Bonchev–Trinajstić information content (AvgIpc) is 2.34. The summed E-state index contributed by atoms with van der Waals surface area (Å²) in [7, 11) is 0. The number of piperidine rings is 1. The highest BCUT2D eigenvalue weighted by Crippen LogP contribution is 2.34. The third-order valence-electron chi connectivity index (χ3n) is 4.16. The molecule has 1 saturated carbocycles. The van der Waals surface area contributed by atoms with Crippen molar-refractivity contribution in [2.24, 2.45) is 11.8 Å². The minimum atomic E-state index is 0.0220. The zero-order chi connectivity index (χ0) is 12.1. The second-order valence-electron chi connectivity index (χ2n) is 5.75. The number of nitriles is 1. The molecule has 3 unspecified atom stereocenters. The predicted octanol–water partition coefficient (Wildman–Crippen LogP) is 2.00. The highest BCUT2D eigenvalue weighted by atomic mass is 15.2. The Kier molecular flexibility index (Phi) is 4.82. The molecule has 2 aliphatic rings. The van der Waals surface area contributed by atoms with E-state index in [9.17, 15) is 0 Å². The minimum absolute atomic E-state index is 0.0220. The van der Waals surface area contributed by atoms with E-state index in [-0.39, 0.29) is 6.04 Å². The Morgan fingerprint density at radius 1 is 1.35 bits per heavy atom.